The molecule has 4 fully saturated rings. The lowest BCUT2D eigenvalue weighted by molar-refractivity contribution is -0.251. The molecule has 54 heavy (non-hydrogen) atoms. The van der Waals surface area contributed by atoms with E-state index in [1.807, 2.05) is 27.7 Å². The van der Waals surface area contributed by atoms with Crippen LogP contribution in [0.1, 0.15) is 194 Å². The van der Waals surface area contributed by atoms with Gasteiger partial charge in [0.1, 0.15) is 0 Å². The van der Waals surface area contributed by atoms with Gasteiger partial charge in [-0.2, -0.15) is 20.3 Å². The second-order valence-electron chi connectivity index (χ2n) is 22.5. The summed E-state index contributed by atoms with van der Waals surface area (Å²) in [4.78, 5) is 0. The number of hydroxylamine groups is 8. The normalized spacial score (nSPS) is 28.4. The molecule has 4 aliphatic rings. The highest BCUT2D eigenvalue weighted by atomic mass is 35.5. The van der Waals surface area contributed by atoms with Crippen LogP contribution in [0, 0.1) is 11.8 Å². The Kier molecular flexibility index (Phi) is 16.1. The van der Waals surface area contributed by atoms with Crippen LogP contribution in [0.25, 0.3) is 0 Å². The minimum absolute atomic E-state index is 0.0670. The van der Waals surface area contributed by atoms with E-state index in [1.54, 1.807) is 10.1 Å². The molecule has 0 unspecified atom stereocenters. The van der Waals surface area contributed by atoms with Gasteiger partial charge in [0.15, 0.2) is 0 Å². The van der Waals surface area contributed by atoms with Crippen molar-refractivity contribution >= 4 is 11.6 Å². The molecule has 5 rings (SSSR count). The van der Waals surface area contributed by atoms with Crippen molar-refractivity contribution in [2.45, 2.75) is 238 Å². The SMILES string of the molecule is CC1(C)CC(Cl)CC(C)(C)N1O.CC1(C)CC(c2ccccc2)CC(C)(C)N1O.CC1CC(C)(C)N(O)C(C)(C)C1.CCC1CC(C)(C)N(O)C(C)(C)C1. The van der Waals surface area contributed by atoms with Crippen LogP contribution in [-0.4, -0.2) is 90.8 Å². The highest BCUT2D eigenvalue weighted by Gasteiger charge is 2.47. The molecular weight excluding hydrogens is 696 g/mol. The molecule has 8 nitrogen and oxygen atoms in total. The molecule has 4 saturated heterocycles. The third kappa shape index (κ3) is 12.6. The maximum absolute atomic E-state index is 10.3. The molecule has 316 valence electrons. The number of nitrogens with zero attached hydrogens (tertiary/aromatic N) is 4. The molecule has 0 aromatic heterocycles. The molecule has 1 aromatic rings. The fourth-order valence-corrected chi connectivity index (χ4v) is 11.7. The molecular formula is C45H85ClN4O4. The van der Waals surface area contributed by atoms with Crippen LogP contribution in [0.2, 0.25) is 0 Å². The number of benzene rings is 1. The molecule has 0 saturated carbocycles. The van der Waals surface area contributed by atoms with E-state index in [0.29, 0.717) is 11.8 Å². The smallest absolute Gasteiger partial charge is 0.0424 e. The van der Waals surface area contributed by atoms with Gasteiger partial charge in [0, 0.05) is 49.7 Å². The number of halogens is 1. The van der Waals surface area contributed by atoms with Gasteiger partial charge in [-0.05, 0) is 185 Å². The van der Waals surface area contributed by atoms with Gasteiger partial charge in [-0.3, -0.25) is 0 Å². The summed E-state index contributed by atoms with van der Waals surface area (Å²) in [5, 5.41) is 46.3. The lowest BCUT2D eigenvalue weighted by atomic mass is 9.73. The zero-order chi connectivity index (χ0) is 42.1. The highest BCUT2D eigenvalue weighted by molar-refractivity contribution is 6.20. The third-order valence-electron chi connectivity index (χ3n) is 12.6. The van der Waals surface area contributed by atoms with Crippen molar-refractivity contribution in [1.29, 1.82) is 0 Å². The van der Waals surface area contributed by atoms with Crippen molar-refractivity contribution in [1.82, 2.24) is 20.3 Å². The summed E-state index contributed by atoms with van der Waals surface area (Å²) in [7, 11) is 0. The summed E-state index contributed by atoms with van der Waals surface area (Å²) in [5.74, 6) is 2.00. The number of alkyl halides is 1. The first-order chi connectivity index (χ1) is 24.1. The second kappa shape index (κ2) is 17.6. The summed E-state index contributed by atoms with van der Waals surface area (Å²) in [6, 6.07) is 10.6. The minimum Gasteiger partial charge on any atom is -0.313 e. The van der Waals surface area contributed by atoms with Crippen molar-refractivity contribution in [2.75, 3.05) is 0 Å². The Hall–Kier alpha value is -0.810. The van der Waals surface area contributed by atoms with E-state index in [-0.39, 0.29) is 49.7 Å². The van der Waals surface area contributed by atoms with Gasteiger partial charge in [-0.25, -0.2) is 0 Å². The Balaban J connectivity index is 0.000000252. The van der Waals surface area contributed by atoms with Gasteiger partial charge >= 0.3 is 0 Å². The molecule has 0 amide bonds. The van der Waals surface area contributed by atoms with E-state index in [0.717, 1.165) is 57.3 Å². The zero-order valence-corrected chi connectivity index (χ0v) is 38.8. The first kappa shape index (κ1) is 49.3. The van der Waals surface area contributed by atoms with Crippen molar-refractivity contribution in [3.63, 3.8) is 0 Å². The van der Waals surface area contributed by atoms with Crippen LogP contribution in [0.15, 0.2) is 30.3 Å². The maximum atomic E-state index is 10.3. The predicted molar refractivity (Wildman–Crippen MR) is 226 cm³/mol. The van der Waals surface area contributed by atoms with E-state index in [9.17, 15) is 20.8 Å². The Morgan fingerprint density at radius 3 is 1.07 bits per heavy atom. The summed E-state index contributed by atoms with van der Waals surface area (Å²) in [6.45, 7) is 37.9. The van der Waals surface area contributed by atoms with Crippen LogP contribution in [0.4, 0.5) is 0 Å². The van der Waals surface area contributed by atoms with Crippen LogP contribution >= 0.6 is 11.6 Å². The third-order valence-corrected chi connectivity index (χ3v) is 13.0. The van der Waals surface area contributed by atoms with Crippen LogP contribution in [0.3, 0.4) is 0 Å². The quantitative estimate of drug-likeness (QED) is 0.220. The molecule has 0 atom stereocenters. The van der Waals surface area contributed by atoms with Crippen molar-refractivity contribution in [3.05, 3.63) is 35.9 Å². The number of rotatable bonds is 2. The first-order valence-corrected chi connectivity index (χ1v) is 21.2. The van der Waals surface area contributed by atoms with Gasteiger partial charge in [-0.1, -0.05) is 50.6 Å². The van der Waals surface area contributed by atoms with Crippen LogP contribution in [0.5, 0.6) is 0 Å². The van der Waals surface area contributed by atoms with Gasteiger partial charge in [-0.15, -0.1) is 11.6 Å². The van der Waals surface area contributed by atoms with E-state index in [2.05, 4.69) is 127 Å². The molecule has 0 bridgehead atoms. The summed E-state index contributed by atoms with van der Waals surface area (Å²) in [6.07, 6.45) is 9.25. The molecule has 1 aromatic carbocycles. The van der Waals surface area contributed by atoms with Crippen molar-refractivity contribution in [3.8, 4) is 0 Å². The average molecular weight is 782 g/mol. The molecule has 0 radical (unpaired) electrons. The Morgan fingerprint density at radius 2 is 0.759 bits per heavy atom. The van der Waals surface area contributed by atoms with Crippen molar-refractivity contribution < 1.29 is 20.8 Å². The largest absolute Gasteiger partial charge is 0.313 e. The highest BCUT2D eigenvalue weighted by Crippen LogP contribution is 2.45. The van der Waals surface area contributed by atoms with Crippen molar-refractivity contribution in [2.24, 2.45) is 11.8 Å². The number of hydrogen-bond acceptors (Lipinski definition) is 8. The lowest BCUT2D eigenvalue weighted by Crippen LogP contribution is -2.59. The fraction of sp³-hybridized carbons (Fsp3) is 0.867. The van der Waals surface area contributed by atoms with E-state index in [4.69, 9.17) is 11.6 Å². The Bertz CT molecular complexity index is 1200. The number of piperidine rings is 4. The Morgan fingerprint density at radius 1 is 0.481 bits per heavy atom. The molecule has 4 N–H and O–H groups in total. The second-order valence-corrected chi connectivity index (χ2v) is 23.1. The van der Waals surface area contributed by atoms with Crippen LogP contribution in [-0.2, 0) is 0 Å². The first-order valence-electron chi connectivity index (χ1n) is 20.8. The lowest BCUT2D eigenvalue weighted by Gasteiger charge is -2.51. The van der Waals surface area contributed by atoms with E-state index < -0.39 is 0 Å². The minimum atomic E-state index is -0.200. The molecule has 0 aliphatic carbocycles. The predicted octanol–water partition coefficient (Wildman–Crippen LogP) is 12.2. The van der Waals surface area contributed by atoms with Crippen LogP contribution < -0.4 is 0 Å². The molecule has 0 spiro atoms. The van der Waals surface area contributed by atoms with Gasteiger partial charge < -0.3 is 20.8 Å². The standard InChI is InChI=1S/C15H23NO.C11H23NO.C10H21NO.C9H18ClNO/c1-14(2)10-13(11-15(3,4)16(14)17)12-8-6-5-7-9-12;1-6-9-7-10(2,3)12(13)11(4,5)8-9;1-8-6-9(2,3)11(12)10(4,5)7-8;1-8(2)5-7(10)6-9(3,4)11(8)12/h5-9,13,17H,10-11H2,1-4H3;9,13H,6-8H2,1-5H3;8,12H,6-7H2,1-5H3;7,12H,5-6H2,1-4H3. The fourth-order valence-electron chi connectivity index (χ4n) is 10.9. The monoisotopic (exact) mass is 781 g/mol. The molecule has 4 heterocycles. The summed E-state index contributed by atoms with van der Waals surface area (Å²) >= 11 is 6.11. The van der Waals surface area contributed by atoms with Gasteiger partial charge in [0.25, 0.3) is 0 Å². The average Bonchev–Trinajstić information content (AvgIpc) is 3.00. The van der Waals surface area contributed by atoms with Gasteiger partial charge in [0.2, 0.25) is 0 Å². The topological polar surface area (TPSA) is 93.9 Å². The molecule has 4 aliphatic heterocycles. The van der Waals surface area contributed by atoms with Gasteiger partial charge in [0.05, 0.1) is 0 Å². The van der Waals surface area contributed by atoms with E-state index in [1.165, 1.54) is 22.1 Å². The zero-order valence-electron chi connectivity index (χ0n) is 38.0. The summed E-state index contributed by atoms with van der Waals surface area (Å²) < 4.78 is 0. The Labute approximate surface area is 337 Å². The number of hydrogen-bond donors (Lipinski definition) is 4. The van der Waals surface area contributed by atoms with E-state index >= 15 is 0 Å². The molecule has 9 heteroatoms. The maximum Gasteiger partial charge on any atom is 0.0424 e. The summed E-state index contributed by atoms with van der Waals surface area (Å²) in [5.41, 5.74) is 0.391.